The lowest BCUT2D eigenvalue weighted by Gasteiger charge is -2.15. The summed E-state index contributed by atoms with van der Waals surface area (Å²) in [5.74, 6) is -0.940. The molecule has 0 heterocycles. The minimum Gasteiger partial charge on any atom is -0.478 e. The summed E-state index contributed by atoms with van der Waals surface area (Å²) in [6.07, 6.45) is 1.64. The first-order chi connectivity index (χ1) is 7.07. The third kappa shape index (κ3) is 1.39. The molecular formula is C12H11NO2. The summed E-state index contributed by atoms with van der Waals surface area (Å²) < 4.78 is 0. The maximum atomic E-state index is 10.8. The van der Waals surface area contributed by atoms with Crippen LogP contribution in [0.5, 0.6) is 0 Å². The quantitative estimate of drug-likeness (QED) is 0.756. The van der Waals surface area contributed by atoms with E-state index in [0.717, 1.165) is 24.0 Å². The Bertz CT molecular complexity index is 473. The predicted octanol–water partition coefficient (Wildman–Crippen LogP) is 2.11. The summed E-state index contributed by atoms with van der Waals surface area (Å²) in [6, 6.07) is 7.32. The van der Waals surface area contributed by atoms with E-state index < -0.39 is 11.4 Å². The van der Waals surface area contributed by atoms with Crippen LogP contribution in [-0.4, -0.2) is 11.1 Å². The van der Waals surface area contributed by atoms with Gasteiger partial charge in [-0.1, -0.05) is 6.07 Å². The topological polar surface area (TPSA) is 61.1 Å². The van der Waals surface area contributed by atoms with Gasteiger partial charge >= 0.3 is 5.97 Å². The molecule has 0 aliphatic heterocycles. The minimum atomic E-state index is -0.940. The molecule has 0 saturated heterocycles. The molecule has 0 amide bonds. The van der Waals surface area contributed by atoms with Gasteiger partial charge in [0.2, 0.25) is 0 Å². The van der Waals surface area contributed by atoms with E-state index in [-0.39, 0.29) is 5.56 Å². The number of hydrogen-bond donors (Lipinski definition) is 1. The summed E-state index contributed by atoms with van der Waals surface area (Å²) in [5.41, 5.74) is 1.73. The van der Waals surface area contributed by atoms with Gasteiger partial charge < -0.3 is 5.11 Å². The molecule has 76 valence electrons. The summed E-state index contributed by atoms with van der Waals surface area (Å²) in [4.78, 5) is 10.8. The van der Waals surface area contributed by atoms with E-state index in [9.17, 15) is 4.79 Å². The molecule has 0 aromatic heterocycles. The highest BCUT2D eigenvalue weighted by atomic mass is 16.4. The van der Waals surface area contributed by atoms with Gasteiger partial charge in [0.05, 0.1) is 17.0 Å². The lowest BCUT2D eigenvalue weighted by atomic mass is 9.85. The number of hydrogen-bond acceptors (Lipinski definition) is 2. The number of carboxylic acids is 1. The maximum Gasteiger partial charge on any atom is 0.335 e. The van der Waals surface area contributed by atoms with Crippen LogP contribution in [0.15, 0.2) is 18.2 Å². The van der Waals surface area contributed by atoms with Crippen molar-refractivity contribution in [3.05, 3.63) is 34.9 Å². The first-order valence-electron chi connectivity index (χ1n) is 4.85. The molecule has 1 aromatic carbocycles. The fourth-order valence-corrected chi connectivity index (χ4v) is 2.08. The number of aryl methyl sites for hydroxylation is 1. The second-order valence-corrected chi connectivity index (χ2v) is 4.12. The standard InChI is InChI=1S/C12H11NO2/c1-12(7-13)5-4-8-2-3-9(11(14)15)6-10(8)12/h2-3,6H,4-5H2,1H3,(H,14,15). The van der Waals surface area contributed by atoms with Crippen molar-refractivity contribution in [2.45, 2.75) is 25.2 Å². The molecular weight excluding hydrogens is 190 g/mol. The Morgan fingerprint density at radius 1 is 1.60 bits per heavy atom. The highest BCUT2D eigenvalue weighted by Crippen LogP contribution is 2.38. The number of nitrogens with zero attached hydrogens (tertiary/aromatic N) is 1. The molecule has 1 aromatic rings. The highest BCUT2D eigenvalue weighted by Gasteiger charge is 2.34. The molecule has 0 spiro atoms. The van der Waals surface area contributed by atoms with E-state index >= 15 is 0 Å². The normalized spacial score (nSPS) is 23.2. The Morgan fingerprint density at radius 2 is 2.33 bits per heavy atom. The van der Waals surface area contributed by atoms with Crippen LogP contribution in [0.25, 0.3) is 0 Å². The highest BCUT2D eigenvalue weighted by molar-refractivity contribution is 5.88. The van der Waals surface area contributed by atoms with Crippen LogP contribution in [0.1, 0.15) is 34.8 Å². The Balaban J connectivity index is 2.57. The Morgan fingerprint density at radius 3 is 2.93 bits per heavy atom. The van der Waals surface area contributed by atoms with Crippen molar-refractivity contribution in [2.24, 2.45) is 0 Å². The summed E-state index contributed by atoms with van der Waals surface area (Å²) in [6.45, 7) is 1.87. The van der Waals surface area contributed by atoms with Crippen molar-refractivity contribution in [3.63, 3.8) is 0 Å². The number of fused-ring (bicyclic) bond motifs is 1. The van der Waals surface area contributed by atoms with Gasteiger partial charge in [-0.2, -0.15) is 5.26 Å². The molecule has 2 rings (SSSR count). The van der Waals surface area contributed by atoms with Crippen LogP contribution < -0.4 is 0 Å². The lowest BCUT2D eigenvalue weighted by molar-refractivity contribution is 0.0696. The molecule has 1 atom stereocenters. The van der Waals surface area contributed by atoms with E-state index in [1.165, 1.54) is 0 Å². The smallest absolute Gasteiger partial charge is 0.335 e. The average molecular weight is 201 g/mol. The first kappa shape index (κ1) is 9.72. The number of nitriles is 1. The molecule has 1 N–H and O–H groups in total. The van der Waals surface area contributed by atoms with Crippen LogP contribution >= 0.6 is 0 Å². The molecule has 0 bridgehead atoms. The lowest BCUT2D eigenvalue weighted by Crippen LogP contribution is -2.15. The van der Waals surface area contributed by atoms with Crippen molar-refractivity contribution in [3.8, 4) is 6.07 Å². The van der Waals surface area contributed by atoms with Gasteiger partial charge in [0.15, 0.2) is 0 Å². The second-order valence-electron chi connectivity index (χ2n) is 4.12. The first-order valence-corrected chi connectivity index (χ1v) is 4.85. The predicted molar refractivity (Wildman–Crippen MR) is 54.7 cm³/mol. The SMILES string of the molecule is CC1(C#N)CCc2ccc(C(=O)O)cc21. The van der Waals surface area contributed by atoms with E-state index in [1.807, 2.05) is 13.0 Å². The number of benzene rings is 1. The van der Waals surface area contributed by atoms with Crippen LogP contribution in [0.4, 0.5) is 0 Å². The average Bonchev–Trinajstić information content (AvgIpc) is 2.57. The van der Waals surface area contributed by atoms with Crippen molar-refractivity contribution >= 4 is 5.97 Å². The van der Waals surface area contributed by atoms with Crippen molar-refractivity contribution in [2.75, 3.05) is 0 Å². The fraction of sp³-hybridized carbons (Fsp3) is 0.333. The third-order valence-corrected chi connectivity index (χ3v) is 3.09. The monoisotopic (exact) mass is 201 g/mol. The number of carboxylic acid groups (broad SMARTS) is 1. The molecule has 3 nitrogen and oxygen atoms in total. The molecule has 0 saturated carbocycles. The van der Waals surface area contributed by atoms with Gasteiger partial charge in [-0.25, -0.2) is 4.79 Å². The number of rotatable bonds is 1. The van der Waals surface area contributed by atoms with Crippen LogP contribution in [0.2, 0.25) is 0 Å². The molecule has 1 unspecified atom stereocenters. The van der Waals surface area contributed by atoms with Crippen molar-refractivity contribution in [1.29, 1.82) is 5.26 Å². The molecule has 1 aliphatic rings. The second kappa shape index (κ2) is 3.09. The zero-order valence-electron chi connectivity index (χ0n) is 8.45. The van der Waals surface area contributed by atoms with E-state index in [4.69, 9.17) is 10.4 Å². The number of carbonyl (C=O) groups is 1. The third-order valence-electron chi connectivity index (χ3n) is 3.09. The molecule has 15 heavy (non-hydrogen) atoms. The Kier molecular flexibility index (Phi) is 2.01. The largest absolute Gasteiger partial charge is 0.478 e. The molecule has 1 aliphatic carbocycles. The van der Waals surface area contributed by atoms with Crippen LogP contribution in [-0.2, 0) is 11.8 Å². The van der Waals surface area contributed by atoms with Gasteiger partial charge in [-0.3, -0.25) is 0 Å². The maximum absolute atomic E-state index is 10.8. The van der Waals surface area contributed by atoms with E-state index in [2.05, 4.69) is 6.07 Å². The van der Waals surface area contributed by atoms with Gasteiger partial charge in [0.1, 0.15) is 0 Å². The molecule has 3 heteroatoms. The zero-order valence-corrected chi connectivity index (χ0v) is 8.45. The van der Waals surface area contributed by atoms with Gasteiger partial charge in [0.25, 0.3) is 0 Å². The van der Waals surface area contributed by atoms with Crippen LogP contribution in [0.3, 0.4) is 0 Å². The summed E-state index contributed by atoms with van der Waals surface area (Å²) >= 11 is 0. The Labute approximate surface area is 88.0 Å². The zero-order chi connectivity index (χ0) is 11.1. The minimum absolute atomic E-state index is 0.261. The molecule has 0 fully saturated rings. The van der Waals surface area contributed by atoms with E-state index in [0.29, 0.717) is 0 Å². The molecule has 0 radical (unpaired) electrons. The van der Waals surface area contributed by atoms with Gasteiger partial charge in [-0.15, -0.1) is 0 Å². The summed E-state index contributed by atoms with van der Waals surface area (Å²) in [5, 5.41) is 18.0. The van der Waals surface area contributed by atoms with Crippen LogP contribution in [0, 0.1) is 11.3 Å². The van der Waals surface area contributed by atoms with Gasteiger partial charge in [-0.05, 0) is 43.0 Å². The van der Waals surface area contributed by atoms with Crippen molar-refractivity contribution < 1.29 is 9.90 Å². The fourth-order valence-electron chi connectivity index (χ4n) is 2.08. The van der Waals surface area contributed by atoms with Crippen molar-refractivity contribution in [1.82, 2.24) is 0 Å². The van der Waals surface area contributed by atoms with E-state index in [1.54, 1.807) is 12.1 Å². The van der Waals surface area contributed by atoms with Gasteiger partial charge in [0, 0.05) is 0 Å². The summed E-state index contributed by atoms with van der Waals surface area (Å²) in [7, 11) is 0. The number of aromatic carboxylic acids is 1. The Hall–Kier alpha value is -1.82.